The molecule has 0 aliphatic heterocycles. The van der Waals surface area contributed by atoms with Crippen molar-refractivity contribution in [3.05, 3.63) is 90.0 Å². The van der Waals surface area contributed by atoms with Crippen LogP contribution in [0.3, 0.4) is 0 Å². The highest BCUT2D eigenvalue weighted by atomic mass is 16.5. The number of nitrogens with zero attached hydrogens (tertiary/aromatic N) is 1. The van der Waals surface area contributed by atoms with E-state index in [0.717, 1.165) is 31.2 Å². The maximum absolute atomic E-state index is 14.3. The molecule has 216 valence electrons. The van der Waals surface area contributed by atoms with E-state index in [1.54, 1.807) is 60.5 Å². The zero-order chi connectivity index (χ0) is 29.2. The summed E-state index contributed by atoms with van der Waals surface area (Å²) in [5.74, 6) is 0.188. The minimum atomic E-state index is -1.11. The fourth-order valence-corrected chi connectivity index (χ4v) is 5.18. The molecule has 1 saturated carbocycles. The standard InChI is InChI=1S/C33H40N4O4/c1-4-33(2,31(39)34-25-15-9-6-10-16-25)37(23-24-13-7-5-8-14-24)30(38)28-17-11-12-18-29(28)36-32(40)35-26-19-21-27(41-3)22-20-26/h5,7-8,11-14,17-22,25H,4,6,9-10,15-16,23H2,1-3H3,(H,34,39)(H2,35,36,40). The van der Waals surface area contributed by atoms with Crippen molar-refractivity contribution in [1.29, 1.82) is 0 Å². The van der Waals surface area contributed by atoms with Crippen LogP contribution in [0.25, 0.3) is 0 Å². The van der Waals surface area contributed by atoms with Crippen LogP contribution in [0.4, 0.5) is 16.2 Å². The van der Waals surface area contributed by atoms with E-state index in [9.17, 15) is 14.4 Å². The van der Waals surface area contributed by atoms with Crippen LogP contribution in [0.2, 0.25) is 0 Å². The molecule has 0 saturated heterocycles. The van der Waals surface area contributed by atoms with Crippen LogP contribution in [-0.4, -0.2) is 41.4 Å². The Hall–Kier alpha value is -4.33. The van der Waals surface area contributed by atoms with Crippen LogP contribution in [0.1, 0.15) is 68.3 Å². The summed E-state index contributed by atoms with van der Waals surface area (Å²) in [4.78, 5) is 42.7. The second kappa shape index (κ2) is 13.8. The summed E-state index contributed by atoms with van der Waals surface area (Å²) in [7, 11) is 1.58. The van der Waals surface area contributed by atoms with Crippen molar-refractivity contribution >= 4 is 29.2 Å². The minimum Gasteiger partial charge on any atom is -0.497 e. The van der Waals surface area contributed by atoms with E-state index in [-0.39, 0.29) is 24.4 Å². The SMILES string of the molecule is CCC(C)(C(=O)NC1CCCCC1)N(Cc1ccccc1)C(=O)c1ccccc1NC(=O)Nc1ccc(OC)cc1. The Balaban J connectivity index is 1.61. The highest BCUT2D eigenvalue weighted by Gasteiger charge is 2.42. The third-order valence-corrected chi connectivity index (χ3v) is 7.90. The topological polar surface area (TPSA) is 99.8 Å². The van der Waals surface area contributed by atoms with Crippen molar-refractivity contribution in [2.24, 2.45) is 0 Å². The Morgan fingerprint density at radius 2 is 1.54 bits per heavy atom. The van der Waals surface area contributed by atoms with Gasteiger partial charge in [-0.05, 0) is 68.1 Å². The van der Waals surface area contributed by atoms with Crippen molar-refractivity contribution in [2.75, 3.05) is 17.7 Å². The molecule has 0 spiro atoms. The van der Waals surface area contributed by atoms with Gasteiger partial charge in [-0.15, -0.1) is 0 Å². The van der Waals surface area contributed by atoms with Crippen molar-refractivity contribution in [3.63, 3.8) is 0 Å². The molecule has 0 radical (unpaired) electrons. The van der Waals surface area contributed by atoms with E-state index >= 15 is 0 Å². The van der Waals surface area contributed by atoms with Crippen LogP contribution >= 0.6 is 0 Å². The molecule has 3 aromatic carbocycles. The number of methoxy groups -OCH3 is 1. The first kappa shape index (κ1) is 29.6. The van der Waals surface area contributed by atoms with Crippen molar-refractivity contribution in [2.45, 2.75) is 70.5 Å². The summed E-state index contributed by atoms with van der Waals surface area (Å²) in [5.41, 5.74) is 1.04. The largest absolute Gasteiger partial charge is 0.497 e. The fourth-order valence-electron chi connectivity index (χ4n) is 5.18. The lowest BCUT2D eigenvalue weighted by Gasteiger charge is -2.41. The average Bonchev–Trinajstić information content (AvgIpc) is 3.00. The molecule has 1 aliphatic rings. The predicted octanol–water partition coefficient (Wildman–Crippen LogP) is 6.60. The van der Waals surface area contributed by atoms with Gasteiger partial charge in [0.25, 0.3) is 5.91 Å². The van der Waals surface area contributed by atoms with E-state index in [0.29, 0.717) is 29.1 Å². The van der Waals surface area contributed by atoms with E-state index < -0.39 is 11.6 Å². The fraction of sp³-hybridized carbons (Fsp3) is 0.364. The van der Waals surface area contributed by atoms with Crippen LogP contribution < -0.4 is 20.7 Å². The molecular formula is C33H40N4O4. The molecule has 41 heavy (non-hydrogen) atoms. The number of anilines is 2. The third kappa shape index (κ3) is 7.45. The van der Waals surface area contributed by atoms with Gasteiger partial charge in [0.05, 0.1) is 18.4 Å². The molecule has 8 heteroatoms. The summed E-state index contributed by atoms with van der Waals surface area (Å²) in [5, 5.41) is 8.85. The van der Waals surface area contributed by atoms with Gasteiger partial charge in [-0.25, -0.2) is 4.79 Å². The highest BCUT2D eigenvalue weighted by Crippen LogP contribution is 2.29. The van der Waals surface area contributed by atoms with Gasteiger partial charge in [-0.3, -0.25) is 9.59 Å². The molecule has 1 aliphatic carbocycles. The Morgan fingerprint density at radius 1 is 0.878 bits per heavy atom. The van der Waals surface area contributed by atoms with Gasteiger partial charge in [0, 0.05) is 18.3 Å². The molecule has 0 bridgehead atoms. The van der Waals surface area contributed by atoms with Crippen LogP contribution in [0, 0.1) is 0 Å². The summed E-state index contributed by atoms with van der Waals surface area (Å²) in [6.07, 6.45) is 5.71. The number of ether oxygens (including phenoxy) is 1. The van der Waals surface area contributed by atoms with Crippen LogP contribution in [0.15, 0.2) is 78.9 Å². The summed E-state index contributed by atoms with van der Waals surface area (Å²) in [6.45, 7) is 4.01. The van der Waals surface area contributed by atoms with E-state index in [2.05, 4.69) is 16.0 Å². The lowest BCUT2D eigenvalue weighted by molar-refractivity contribution is -0.132. The first-order chi connectivity index (χ1) is 19.8. The number of hydrogen-bond donors (Lipinski definition) is 3. The lowest BCUT2D eigenvalue weighted by Crippen LogP contribution is -2.60. The molecule has 1 fully saturated rings. The van der Waals surface area contributed by atoms with E-state index in [1.807, 2.05) is 44.2 Å². The van der Waals surface area contributed by atoms with Gasteiger partial charge >= 0.3 is 6.03 Å². The van der Waals surface area contributed by atoms with Crippen LogP contribution in [0.5, 0.6) is 5.75 Å². The molecule has 3 aromatic rings. The van der Waals surface area contributed by atoms with Gasteiger partial charge in [0.15, 0.2) is 0 Å². The first-order valence-electron chi connectivity index (χ1n) is 14.3. The van der Waals surface area contributed by atoms with Crippen molar-refractivity contribution < 1.29 is 19.1 Å². The quantitative estimate of drug-likeness (QED) is 0.262. The third-order valence-electron chi connectivity index (χ3n) is 7.90. The Labute approximate surface area is 242 Å². The summed E-state index contributed by atoms with van der Waals surface area (Å²) >= 11 is 0. The molecule has 0 heterocycles. The van der Waals surface area contributed by atoms with E-state index in [4.69, 9.17) is 4.74 Å². The van der Waals surface area contributed by atoms with Gasteiger partial charge in [-0.1, -0.05) is 68.7 Å². The monoisotopic (exact) mass is 556 g/mol. The Morgan fingerprint density at radius 3 is 2.20 bits per heavy atom. The van der Waals surface area contributed by atoms with E-state index in [1.165, 1.54) is 6.42 Å². The van der Waals surface area contributed by atoms with Gasteiger partial charge in [0.1, 0.15) is 11.3 Å². The van der Waals surface area contributed by atoms with Crippen LogP contribution in [-0.2, 0) is 11.3 Å². The van der Waals surface area contributed by atoms with Gasteiger partial charge in [0.2, 0.25) is 5.91 Å². The number of rotatable bonds is 10. The molecule has 0 aromatic heterocycles. The molecule has 3 N–H and O–H groups in total. The zero-order valence-electron chi connectivity index (χ0n) is 24.1. The minimum absolute atomic E-state index is 0.117. The molecule has 1 atom stereocenters. The highest BCUT2D eigenvalue weighted by molar-refractivity contribution is 6.07. The summed E-state index contributed by atoms with van der Waals surface area (Å²) < 4.78 is 5.17. The van der Waals surface area contributed by atoms with Crippen molar-refractivity contribution in [1.82, 2.24) is 10.2 Å². The zero-order valence-corrected chi connectivity index (χ0v) is 24.1. The number of benzene rings is 3. The number of urea groups is 1. The summed E-state index contributed by atoms with van der Waals surface area (Å²) in [6, 6.07) is 23.1. The number of amides is 4. The number of hydrogen-bond acceptors (Lipinski definition) is 4. The first-order valence-corrected chi connectivity index (χ1v) is 14.3. The predicted molar refractivity (Wildman–Crippen MR) is 162 cm³/mol. The normalized spacial score (nSPS) is 14.8. The maximum Gasteiger partial charge on any atom is 0.323 e. The number of carbonyl (C=O) groups excluding carboxylic acids is 3. The lowest BCUT2D eigenvalue weighted by atomic mass is 9.90. The molecule has 8 nitrogen and oxygen atoms in total. The maximum atomic E-state index is 14.3. The van der Waals surface area contributed by atoms with Crippen molar-refractivity contribution in [3.8, 4) is 5.75 Å². The second-order valence-corrected chi connectivity index (χ2v) is 10.7. The Kier molecular flexibility index (Phi) is 10.0. The number of para-hydroxylation sites is 1. The Bertz CT molecular complexity index is 1320. The van der Waals surface area contributed by atoms with Gasteiger partial charge in [-0.2, -0.15) is 0 Å². The number of carbonyl (C=O) groups is 3. The number of nitrogens with one attached hydrogen (secondary N) is 3. The second-order valence-electron chi connectivity index (χ2n) is 10.7. The molecular weight excluding hydrogens is 516 g/mol. The average molecular weight is 557 g/mol. The smallest absolute Gasteiger partial charge is 0.323 e. The molecule has 1 unspecified atom stereocenters. The molecule has 4 rings (SSSR count). The molecule has 4 amide bonds. The van der Waals surface area contributed by atoms with Gasteiger partial charge < -0.3 is 25.6 Å².